The Balaban J connectivity index is 1.68. The summed E-state index contributed by atoms with van der Waals surface area (Å²) in [6, 6.07) is 18.7. The Labute approximate surface area is 153 Å². The SMILES string of the molecule is Cn1ncc2cc(-c3ccnc(Nc4cccc(I)c4)c3)ccc21. The molecule has 0 saturated heterocycles. The molecule has 0 aliphatic carbocycles. The van der Waals surface area contributed by atoms with Gasteiger partial charge in [0.15, 0.2) is 0 Å². The van der Waals surface area contributed by atoms with Gasteiger partial charge in [-0.1, -0.05) is 12.1 Å². The van der Waals surface area contributed by atoms with Crippen molar-refractivity contribution in [3.8, 4) is 11.1 Å². The number of pyridine rings is 1. The minimum Gasteiger partial charge on any atom is -0.340 e. The van der Waals surface area contributed by atoms with Crippen molar-refractivity contribution in [1.29, 1.82) is 0 Å². The lowest BCUT2D eigenvalue weighted by molar-refractivity contribution is 0.797. The van der Waals surface area contributed by atoms with Crippen molar-refractivity contribution in [2.24, 2.45) is 7.05 Å². The number of aromatic nitrogens is 3. The largest absolute Gasteiger partial charge is 0.340 e. The lowest BCUT2D eigenvalue weighted by atomic mass is 10.1. The number of nitrogens with zero attached hydrogens (tertiary/aromatic N) is 3. The fourth-order valence-electron chi connectivity index (χ4n) is 2.74. The topological polar surface area (TPSA) is 42.7 Å². The van der Waals surface area contributed by atoms with Crippen LogP contribution in [0.2, 0.25) is 0 Å². The van der Waals surface area contributed by atoms with Gasteiger partial charge in [-0.15, -0.1) is 0 Å². The summed E-state index contributed by atoms with van der Waals surface area (Å²) >= 11 is 2.31. The number of hydrogen-bond acceptors (Lipinski definition) is 3. The predicted octanol–water partition coefficient (Wildman–Crippen LogP) is 4.98. The van der Waals surface area contributed by atoms with Crippen molar-refractivity contribution in [3.05, 3.63) is 70.6 Å². The zero-order valence-electron chi connectivity index (χ0n) is 13.1. The van der Waals surface area contributed by atoms with Gasteiger partial charge in [0.2, 0.25) is 0 Å². The highest BCUT2D eigenvalue weighted by Gasteiger charge is 2.05. The fraction of sp³-hybridized carbons (Fsp3) is 0.0526. The van der Waals surface area contributed by atoms with E-state index in [9.17, 15) is 0 Å². The number of benzene rings is 2. The minimum atomic E-state index is 0.834. The van der Waals surface area contributed by atoms with E-state index in [1.807, 2.05) is 42.3 Å². The maximum absolute atomic E-state index is 4.43. The van der Waals surface area contributed by atoms with Crippen LogP contribution in [-0.2, 0) is 7.05 Å². The lowest BCUT2D eigenvalue weighted by Gasteiger charge is -2.08. The molecule has 4 rings (SSSR count). The van der Waals surface area contributed by atoms with Crippen LogP contribution in [0, 0.1) is 3.57 Å². The monoisotopic (exact) mass is 426 g/mol. The van der Waals surface area contributed by atoms with E-state index < -0.39 is 0 Å². The number of nitrogens with one attached hydrogen (secondary N) is 1. The first-order valence-electron chi connectivity index (χ1n) is 7.60. The molecule has 0 atom stereocenters. The molecule has 118 valence electrons. The molecule has 24 heavy (non-hydrogen) atoms. The summed E-state index contributed by atoms with van der Waals surface area (Å²) in [5.74, 6) is 0.834. The summed E-state index contributed by atoms with van der Waals surface area (Å²) in [5, 5.41) is 8.81. The maximum Gasteiger partial charge on any atom is 0.130 e. The molecule has 0 bridgehead atoms. The van der Waals surface area contributed by atoms with Gasteiger partial charge < -0.3 is 5.32 Å². The van der Waals surface area contributed by atoms with E-state index >= 15 is 0 Å². The molecule has 4 aromatic rings. The van der Waals surface area contributed by atoms with Crippen molar-refractivity contribution in [3.63, 3.8) is 0 Å². The predicted molar refractivity (Wildman–Crippen MR) is 106 cm³/mol. The summed E-state index contributed by atoms with van der Waals surface area (Å²) in [6.45, 7) is 0. The van der Waals surface area contributed by atoms with E-state index in [-0.39, 0.29) is 0 Å². The Kier molecular flexibility index (Phi) is 3.93. The van der Waals surface area contributed by atoms with E-state index in [1.54, 1.807) is 0 Å². The Bertz CT molecular complexity index is 1020. The third kappa shape index (κ3) is 2.99. The van der Waals surface area contributed by atoms with Gasteiger partial charge in [0.1, 0.15) is 5.82 Å². The molecule has 0 unspecified atom stereocenters. The van der Waals surface area contributed by atoms with Gasteiger partial charge in [0.05, 0.1) is 11.7 Å². The quantitative estimate of drug-likeness (QED) is 0.470. The fourth-order valence-corrected chi connectivity index (χ4v) is 3.28. The maximum atomic E-state index is 4.43. The van der Waals surface area contributed by atoms with Gasteiger partial charge in [-0.2, -0.15) is 5.10 Å². The van der Waals surface area contributed by atoms with Crippen molar-refractivity contribution < 1.29 is 0 Å². The zero-order chi connectivity index (χ0) is 16.5. The molecule has 1 N–H and O–H groups in total. The van der Waals surface area contributed by atoms with Gasteiger partial charge in [-0.3, -0.25) is 4.68 Å². The van der Waals surface area contributed by atoms with E-state index in [2.05, 4.69) is 74.4 Å². The average Bonchev–Trinajstić information content (AvgIpc) is 2.96. The normalized spacial score (nSPS) is 10.9. The molecule has 0 fully saturated rings. The highest BCUT2D eigenvalue weighted by molar-refractivity contribution is 14.1. The second kappa shape index (κ2) is 6.24. The number of anilines is 2. The third-order valence-electron chi connectivity index (χ3n) is 3.94. The molecule has 2 aromatic carbocycles. The van der Waals surface area contributed by atoms with E-state index in [1.165, 1.54) is 3.57 Å². The summed E-state index contributed by atoms with van der Waals surface area (Å²) in [5.41, 5.74) is 4.45. The van der Waals surface area contributed by atoms with Crippen LogP contribution >= 0.6 is 22.6 Å². The van der Waals surface area contributed by atoms with E-state index in [0.29, 0.717) is 0 Å². The molecule has 0 radical (unpaired) electrons. The molecule has 0 aliphatic heterocycles. The Morgan fingerprint density at radius 1 is 1.00 bits per heavy atom. The number of rotatable bonds is 3. The van der Waals surface area contributed by atoms with Crippen LogP contribution in [0.15, 0.2) is 67.0 Å². The molecular weight excluding hydrogens is 411 g/mol. The molecule has 5 heteroatoms. The molecule has 2 heterocycles. The van der Waals surface area contributed by atoms with Gasteiger partial charge in [-0.25, -0.2) is 4.98 Å². The second-order valence-electron chi connectivity index (χ2n) is 5.61. The highest BCUT2D eigenvalue weighted by Crippen LogP contribution is 2.26. The van der Waals surface area contributed by atoms with Crippen molar-refractivity contribution in [2.75, 3.05) is 5.32 Å². The van der Waals surface area contributed by atoms with Gasteiger partial charge >= 0.3 is 0 Å². The Hall–Kier alpha value is -2.41. The number of aryl methyl sites for hydroxylation is 1. The summed E-state index contributed by atoms with van der Waals surface area (Å²) in [6.07, 6.45) is 3.73. The first-order valence-corrected chi connectivity index (χ1v) is 8.68. The summed E-state index contributed by atoms with van der Waals surface area (Å²) < 4.78 is 3.08. The first kappa shape index (κ1) is 15.1. The van der Waals surface area contributed by atoms with Gasteiger partial charge in [-0.05, 0) is 76.2 Å². The number of fused-ring (bicyclic) bond motifs is 1. The minimum absolute atomic E-state index is 0.834. The molecule has 0 saturated carbocycles. The van der Waals surface area contributed by atoms with Crippen LogP contribution < -0.4 is 5.32 Å². The number of halogens is 1. The van der Waals surface area contributed by atoms with Crippen molar-refractivity contribution in [2.45, 2.75) is 0 Å². The van der Waals surface area contributed by atoms with Crippen LogP contribution in [0.25, 0.3) is 22.0 Å². The summed E-state index contributed by atoms with van der Waals surface area (Å²) in [4.78, 5) is 4.43. The average molecular weight is 426 g/mol. The van der Waals surface area contributed by atoms with Crippen LogP contribution in [0.4, 0.5) is 11.5 Å². The zero-order valence-corrected chi connectivity index (χ0v) is 15.2. The summed E-state index contributed by atoms with van der Waals surface area (Å²) in [7, 11) is 1.96. The number of hydrogen-bond donors (Lipinski definition) is 1. The van der Waals surface area contributed by atoms with Crippen LogP contribution in [0.3, 0.4) is 0 Å². The van der Waals surface area contributed by atoms with Gasteiger partial charge in [0.25, 0.3) is 0 Å². The van der Waals surface area contributed by atoms with E-state index in [0.717, 1.165) is 33.5 Å². The van der Waals surface area contributed by atoms with Crippen LogP contribution in [-0.4, -0.2) is 14.8 Å². The van der Waals surface area contributed by atoms with Gasteiger partial charge in [0, 0.05) is 27.9 Å². The van der Waals surface area contributed by atoms with Crippen molar-refractivity contribution in [1.82, 2.24) is 14.8 Å². The van der Waals surface area contributed by atoms with Crippen LogP contribution in [0.1, 0.15) is 0 Å². The third-order valence-corrected chi connectivity index (χ3v) is 4.61. The Morgan fingerprint density at radius 3 is 2.75 bits per heavy atom. The first-order chi connectivity index (χ1) is 11.7. The van der Waals surface area contributed by atoms with Crippen LogP contribution in [0.5, 0.6) is 0 Å². The molecule has 2 aromatic heterocycles. The second-order valence-corrected chi connectivity index (χ2v) is 6.85. The van der Waals surface area contributed by atoms with Crippen molar-refractivity contribution >= 4 is 45.0 Å². The lowest BCUT2D eigenvalue weighted by Crippen LogP contribution is -1.94. The molecular formula is C19H15IN4. The highest BCUT2D eigenvalue weighted by atomic mass is 127. The standard InChI is InChI=1S/C19H15IN4/c1-24-18-6-5-13(9-15(18)12-22-24)14-7-8-21-19(10-14)23-17-4-2-3-16(20)11-17/h2-12H,1H3,(H,21,23). The molecule has 0 amide bonds. The molecule has 0 aliphatic rings. The molecule has 0 spiro atoms. The molecule has 4 nitrogen and oxygen atoms in total. The smallest absolute Gasteiger partial charge is 0.130 e. The van der Waals surface area contributed by atoms with E-state index in [4.69, 9.17) is 0 Å². The Morgan fingerprint density at radius 2 is 1.88 bits per heavy atom.